The molecule has 0 aliphatic carbocycles. The minimum Gasteiger partial charge on any atom is -0.394 e. The molecule has 9 nitrogen and oxygen atoms in total. The second-order valence-corrected chi connectivity index (χ2v) is 9.37. The number of ether oxygens (including phenoxy) is 3. The molecule has 6 N–H and O–H groups in total. The molecule has 0 aromatic carbocycles. The van der Waals surface area contributed by atoms with Crippen LogP contribution in [-0.2, 0) is 14.2 Å². The van der Waals surface area contributed by atoms with E-state index in [0.717, 1.165) is 31.0 Å². The number of hydrogen-bond acceptors (Lipinski definition) is 10. The molecule has 2 rings (SSSR count). The minimum absolute atomic E-state index is 0.0811. The van der Waals surface area contributed by atoms with Crippen LogP contribution in [0, 0.1) is 0 Å². The van der Waals surface area contributed by atoms with Crippen LogP contribution in [0.5, 0.6) is 0 Å². The lowest BCUT2D eigenvalue weighted by Crippen LogP contribution is -2.59. The van der Waals surface area contributed by atoms with Crippen molar-refractivity contribution in [2.24, 2.45) is 0 Å². The minimum atomic E-state index is -1.29. The average Bonchev–Trinajstić information content (AvgIpc) is 2.74. The van der Waals surface area contributed by atoms with Gasteiger partial charge < -0.3 is 44.8 Å². The molecule has 0 aromatic heterocycles. The summed E-state index contributed by atoms with van der Waals surface area (Å²) < 4.78 is 16.9. The second kappa shape index (κ2) is 13.5. The Hall–Kier alpha value is -0.0100. The fourth-order valence-electron chi connectivity index (χ4n) is 3.77. The normalized spacial score (nSPS) is 39.9. The second-order valence-electron chi connectivity index (χ2n) is 8.03. The maximum atomic E-state index is 10.6. The van der Waals surface area contributed by atoms with Crippen molar-refractivity contribution in [3.63, 3.8) is 0 Å². The summed E-state index contributed by atoms with van der Waals surface area (Å²) in [5.74, 6) is 0. The van der Waals surface area contributed by atoms with Gasteiger partial charge in [-0.1, -0.05) is 39.0 Å². The molecule has 2 aliphatic rings. The Kier molecular flexibility index (Phi) is 11.8. The van der Waals surface area contributed by atoms with Crippen LogP contribution in [0.3, 0.4) is 0 Å². The molecular formula is C20H38O9S. The fourth-order valence-corrected chi connectivity index (χ4v) is 5.28. The van der Waals surface area contributed by atoms with E-state index in [0.29, 0.717) is 6.61 Å². The van der Waals surface area contributed by atoms with Gasteiger partial charge in [0.05, 0.1) is 36.8 Å². The lowest BCUT2D eigenvalue weighted by atomic mass is 10.0. The van der Waals surface area contributed by atoms with Crippen LogP contribution in [0.4, 0.5) is 0 Å². The summed E-state index contributed by atoms with van der Waals surface area (Å²) in [6.07, 6.45) is -0.946. The number of aliphatic hydroxyl groups is 6. The summed E-state index contributed by atoms with van der Waals surface area (Å²) in [6, 6.07) is 0. The standard InChI is InChI=1S/C20H38O9S/c1-2-3-4-5-6-7-8-27-20-18(26)17(25)19(14(11-22)29-20)30-15-9-12(23)16(24)13(10-21)28-15/h12-26H,2-11H2,1H3. The van der Waals surface area contributed by atoms with Crippen LogP contribution < -0.4 is 0 Å². The van der Waals surface area contributed by atoms with Gasteiger partial charge in [-0.2, -0.15) is 0 Å². The zero-order valence-corrected chi connectivity index (χ0v) is 18.4. The maximum Gasteiger partial charge on any atom is 0.186 e. The van der Waals surface area contributed by atoms with Crippen LogP contribution in [0.15, 0.2) is 0 Å². The zero-order chi connectivity index (χ0) is 22.1. The molecular weight excluding hydrogens is 416 g/mol. The van der Waals surface area contributed by atoms with Crippen LogP contribution in [0.2, 0.25) is 0 Å². The van der Waals surface area contributed by atoms with Gasteiger partial charge in [-0.05, 0) is 6.42 Å². The highest BCUT2D eigenvalue weighted by Crippen LogP contribution is 2.37. The molecule has 2 saturated heterocycles. The quantitative estimate of drug-likeness (QED) is 0.218. The van der Waals surface area contributed by atoms with Crippen LogP contribution >= 0.6 is 11.8 Å². The van der Waals surface area contributed by atoms with Crippen LogP contribution in [0.25, 0.3) is 0 Å². The van der Waals surface area contributed by atoms with E-state index in [2.05, 4.69) is 6.92 Å². The molecule has 0 bridgehead atoms. The van der Waals surface area contributed by atoms with E-state index in [1.165, 1.54) is 19.3 Å². The summed E-state index contributed by atoms with van der Waals surface area (Å²) in [5, 5.41) is 59.2. The van der Waals surface area contributed by atoms with Gasteiger partial charge in [-0.25, -0.2) is 0 Å². The number of hydrogen-bond donors (Lipinski definition) is 6. The molecule has 10 heteroatoms. The first-order valence-electron chi connectivity index (χ1n) is 10.9. The first-order valence-corrected chi connectivity index (χ1v) is 11.9. The largest absolute Gasteiger partial charge is 0.394 e. The smallest absolute Gasteiger partial charge is 0.186 e. The molecule has 2 heterocycles. The molecule has 9 atom stereocenters. The van der Waals surface area contributed by atoms with E-state index >= 15 is 0 Å². The summed E-state index contributed by atoms with van der Waals surface area (Å²) in [7, 11) is 0. The van der Waals surface area contributed by atoms with Gasteiger partial charge in [0.25, 0.3) is 0 Å². The van der Waals surface area contributed by atoms with Crippen molar-refractivity contribution in [1.29, 1.82) is 0 Å². The van der Waals surface area contributed by atoms with Gasteiger partial charge in [0, 0.05) is 13.0 Å². The van der Waals surface area contributed by atoms with Gasteiger partial charge in [0.2, 0.25) is 0 Å². The van der Waals surface area contributed by atoms with Gasteiger partial charge in [-0.15, -0.1) is 11.8 Å². The van der Waals surface area contributed by atoms with E-state index < -0.39 is 60.2 Å². The number of thioether (sulfide) groups is 1. The third-order valence-electron chi connectivity index (χ3n) is 5.63. The predicted octanol–water partition coefficient (Wildman–Crippen LogP) is -0.267. The van der Waals surface area contributed by atoms with E-state index in [4.69, 9.17) is 14.2 Å². The van der Waals surface area contributed by atoms with Crippen molar-refractivity contribution in [1.82, 2.24) is 0 Å². The molecule has 2 aliphatic heterocycles. The Balaban J connectivity index is 1.84. The first kappa shape index (κ1) is 26.2. The van der Waals surface area contributed by atoms with Gasteiger partial charge >= 0.3 is 0 Å². The third-order valence-corrected chi connectivity index (χ3v) is 7.13. The Morgan fingerprint density at radius 1 is 0.833 bits per heavy atom. The van der Waals surface area contributed by atoms with E-state index in [1.807, 2.05) is 0 Å². The van der Waals surface area contributed by atoms with Crippen LogP contribution in [0.1, 0.15) is 51.9 Å². The topological polar surface area (TPSA) is 149 Å². The van der Waals surface area contributed by atoms with Gasteiger partial charge in [0.1, 0.15) is 23.7 Å². The highest BCUT2D eigenvalue weighted by molar-refractivity contribution is 8.00. The molecule has 2 fully saturated rings. The Labute approximate surface area is 182 Å². The molecule has 0 saturated carbocycles. The van der Waals surface area contributed by atoms with Crippen LogP contribution in [-0.4, -0.2) is 104 Å². The molecule has 0 radical (unpaired) electrons. The molecule has 30 heavy (non-hydrogen) atoms. The van der Waals surface area contributed by atoms with Gasteiger partial charge in [-0.3, -0.25) is 0 Å². The Bertz CT molecular complexity index is 470. The van der Waals surface area contributed by atoms with Crippen molar-refractivity contribution in [3.8, 4) is 0 Å². The molecule has 178 valence electrons. The van der Waals surface area contributed by atoms with E-state index in [1.54, 1.807) is 0 Å². The predicted molar refractivity (Wildman–Crippen MR) is 111 cm³/mol. The number of unbranched alkanes of at least 4 members (excludes halogenated alkanes) is 5. The molecule has 0 aromatic rings. The lowest BCUT2D eigenvalue weighted by Gasteiger charge is -2.44. The number of aliphatic hydroxyl groups excluding tert-OH is 6. The van der Waals surface area contributed by atoms with Crippen molar-refractivity contribution in [2.75, 3.05) is 19.8 Å². The first-order chi connectivity index (χ1) is 14.4. The highest BCUT2D eigenvalue weighted by Gasteiger charge is 2.47. The Morgan fingerprint density at radius 3 is 2.17 bits per heavy atom. The summed E-state index contributed by atoms with van der Waals surface area (Å²) in [5.41, 5.74) is -0.648. The summed E-state index contributed by atoms with van der Waals surface area (Å²) in [6.45, 7) is 1.71. The monoisotopic (exact) mass is 454 g/mol. The average molecular weight is 455 g/mol. The fraction of sp³-hybridized carbons (Fsp3) is 1.00. The highest BCUT2D eigenvalue weighted by atomic mass is 32.2. The zero-order valence-electron chi connectivity index (χ0n) is 17.6. The maximum absolute atomic E-state index is 10.6. The number of rotatable bonds is 12. The van der Waals surface area contributed by atoms with Crippen molar-refractivity contribution < 1.29 is 44.8 Å². The van der Waals surface area contributed by atoms with Crippen molar-refractivity contribution in [3.05, 3.63) is 0 Å². The van der Waals surface area contributed by atoms with Crippen molar-refractivity contribution >= 4 is 11.8 Å². The molecule has 0 amide bonds. The SMILES string of the molecule is CCCCCCCCOC1OC(CO)C(SC2CC(O)C(O)C(CO)O2)C(O)C1O. The third kappa shape index (κ3) is 7.26. The Morgan fingerprint density at radius 2 is 1.50 bits per heavy atom. The summed E-state index contributed by atoms with van der Waals surface area (Å²) in [4.78, 5) is 0. The van der Waals surface area contributed by atoms with E-state index in [-0.39, 0.29) is 13.0 Å². The lowest BCUT2D eigenvalue weighted by molar-refractivity contribution is -0.268. The molecule has 9 unspecified atom stereocenters. The molecule has 0 spiro atoms. The van der Waals surface area contributed by atoms with E-state index in [9.17, 15) is 30.6 Å². The van der Waals surface area contributed by atoms with Crippen molar-refractivity contribution in [2.45, 2.75) is 105 Å². The summed E-state index contributed by atoms with van der Waals surface area (Å²) >= 11 is 1.10. The van der Waals surface area contributed by atoms with Gasteiger partial charge in [0.15, 0.2) is 6.29 Å².